The van der Waals surface area contributed by atoms with Gasteiger partial charge >= 0.3 is 0 Å². The van der Waals surface area contributed by atoms with Crippen LogP contribution in [0.4, 0.5) is 4.79 Å². The number of β-amino-alcohol motifs (C(OH)–C–C–N with tert-alkyl or cyclic N) is 1. The third-order valence-corrected chi connectivity index (χ3v) is 5.31. The van der Waals surface area contributed by atoms with E-state index in [9.17, 15) is 14.4 Å². The van der Waals surface area contributed by atoms with Gasteiger partial charge in [-0.3, -0.25) is 24.2 Å². The molecule has 2 aliphatic rings. The number of thioether (sulfide) groups is 1. The van der Waals surface area contributed by atoms with E-state index in [1.165, 1.54) is 0 Å². The van der Waals surface area contributed by atoms with Crippen molar-refractivity contribution in [2.75, 3.05) is 45.9 Å². The summed E-state index contributed by atoms with van der Waals surface area (Å²) in [6.07, 6.45) is 1.67. The minimum Gasteiger partial charge on any atom is -0.395 e. The second kappa shape index (κ2) is 8.48. The molecular weight excluding hydrogens is 354 g/mol. The van der Waals surface area contributed by atoms with Crippen LogP contribution in [0.1, 0.15) is 5.56 Å². The highest BCUT2D eigenvalue weighted by atomic mass is 32.2. The topological polar surface area (TPSA) is 81.2 Å². The van der Waals surface area contributed by atoms with Crippen LogP contribution in [0, 0.1) is 0 Å². The summed E-state index contributed by atoms with van der Waals surface area (Å²) in [5, 5.41) is 8.55. The fourth-order valence-electron chi connectivity index (χ4n) is 2.93. The van der Waals surface area contributed by atoms with Crippen LogP contribution in [-0.4, -0.2) is 82.7 Å². The number of carbonyl (C=O) groups is 3. The molecule has 0 spiro atoms. The summed E-state index contributed by atoms with van der Waals surface area (Å²) < 4.78 is 0. The minimum atomic E-state index is -0.420. The van der Waals surface area contributed by atoms with Crippen LogP contribution in [0.15, 0.2) is 35.2 Å². The van der Waals surface area contributed by atoms with Crippen LogP contribution < -0.4 is 0 Å². The number of hydrogen-bond donors (Lipinski definition) is 1. The van der Waals surface area contributed by atoms with Gasteiger partial charge in [-0.05, 0) is 23.4 Å². The molecular formula is C18H21N3O4S. The molecule has 26 heavy (non-hydrogen) atoms. The van der Waals surface area contributed by atoms with E-state index in [2.05, 4.69) is 4.90 Å². The molecule has 7 nitrogen and oxygen atoms in total. The Labute approximate surface area is 156 Å². The molecule has 1 aromatic carbocycles. The maximum absolute atomic E-state index is 12.5. The Morgan fingerprint density at radius 2 is 1.81 bits per heavy atom. The summed E-state index contributed by atoms with van der Waals surface area (Å²) in [5.41, 5.74) is 0.837. The smallest absolute Gasteiger partial charge is 0.294 e. The lowest BCUT2D eigenvalue weighted by Gasteiger charge is -2.34. The zero-order chi connectivity index (χ0) is 18.5. The molecule has 2 saturated heterocycles. The molecule has 1 N–H and O–H groups in total. The van der Waals surface area contributed by atoms with Crippen LogP contribution >= 0.6 is 11.8 Å². The predicted molar refractivity (Wildman–Crippen MR) is 99.2 cm³/mol. The Hall–Kier alpha value is -2.16. The van der Waals surface area contributed by atoms with Crippen LogP contribution in [-0.2, 0) is 9.59 Å². The van der Waals surface area contributed by atoms with E-state index in [1.54, 1.807) is 11.0 Å². The summed E-state index contributed by atoms with van der Waals surface area (Å²) in [5.74, 6) is -0.645. The van der Waals surface area contributed by atoms with Crippen molar-refractivity contribution in [2.24, 2.45) is 0 Å². The highest BCUT2D eigenvalue weighted by Crippen LogP contribution is 2.32. The average Bonchev–Trinajstić information content (AvgIpc) is 2.91. The molecule has 2 fully saturated rings. The standard InChI is InChI=1S/C18H21N3O4S/c22-11-10-19-6-8-20(9-7-19)16(23)13-21-17(24)15(26-18(21)25)12-14-4-2-1-3-5-14/h1-5,12,22H,6-11,13H2. The largest absolute Gasteiger partial charge is 0.395 e. The summed E-state index contributed by atoms with van der Waals surface area (Å²) in [7, 11) is 0. The number of rotatable bonds is 5. The summed E-state index contributed by atoms with van der Waals surface area (Å²) in [6.45, 7) is 2.90. The van der Waals surface area contributed by atoms with Gasteiger partial charge in [-0.1, -0.05) is 30.3 Å². The van der Waals surface area contributed by atoms with Gasteiger partial charge in [0.05, 0.1) is 11.5 Å². The lowest BCUT2D eigenvalue weighted by Crippen LogP contribution is -2.52. The first kappa shape index (κ1) is 18.6. The highest BCUT2D eigenvalue weighted by molar-refractivity contribution is 8.18. The van der Waals surface area contributed by atoms with Gasteiger partial charge in [0.1, 0.15) is 6.54 Å². The van der Waals surface area contributed by atoms with Crippen molar-refractivity contribution in [2.45, 2.75) is 0 Å². The molecule has 8 heteroatoms. The summed E-state index contributed by atoms with van der Waals surface area (Å²) >= 11 is 0.864. The monoisotopic (exact) mass is 375 g/mol. The number of hydrogen-bond acceptors (Lipinski definition) is 6. The van der Waals surface area contributed by atoms with Crippen LogP contribution in [0.2, 0.25) is 0 Å². The Morgan fingerprint density at radius 3 is 2.46 bits per heavy atom. The maximum Gasteiger partial charge on any atom is 0.294 e. The fraction of sp³-hybridized carbons (Fsp3) is 0.389. The quantitative estimate of drug-likeness (QED) is 0.769. The lowest BCUT2D eigenvalue weighted by molar-refractivity contribution is -0.137. The minimum absolute atomic E-state index is 0.0957. The van der Waals surface area contributed by atoms with Crippen molar-refractivity contribution < 1.29 is 19.5 Å². The van der Waals surface area contributed by atoms with Gasteiger partial charge in [-0.25, -0.2) is 0 Å². The van der Waals surface area contributed by atoms with E-state index in [0.717, 1.165) is 22.2 Å². The normalized spacial score (nSPS) is 20.3. The third kappa shape index (κ3) is 4.32. The summed E-state index contributed by atoms with van der Waals surface area (Å²) in [6, 6.07) is 9.30. The molecule has 0 radical (unpaired) electrons. The average molecular weight is 375 g/mol. The molecule has 3 rings (SSSR count). The summed E-state index contributed by atoms with van der Waals surface area (Å²) in [4.78, 5) is 42.2. The number of aliphatic hydroxyl groups excluding tert-OH is 1. The number of benzene rings is 1. The van der Waals surface area contributed by atoms with E-state index in [4.69, 9.17) is 5.11 Å². The van der Waals surface area contributed by atoms with Gasteiger partial charge in [0.25, 0.3) is 11.1 Å². The first-order valence-electron chi connectivity index (χ1n) is 8.50. The SMILES string of the molecule is O=C(CN1C(=O)SC(=Cc2ccccc2)C1=O)N1CCN(CCO)CC1. The van der Waals surface area contributed by atoms with Crippen molar-refractivity contribution in [1.82, 2.24) is 14.7 Å². The number of imide groups is 1. The molecule has 0 unspecified atom stereocenters. The van der Waals surface area contributed by atoms with Crippen molar-refractivity contribution >= 4 is 34.9 Å². The van der Waals surface area contributed by atoms with Crippen molar-refractivity contribution in [1.29, 1.82) is 0 Å². The Kier molecular flexibility index (Phi) is 6.08. The molecule has 3 amide bonds. The van der Waals surface area contributed by atoms with Crippen molar-refractivity contribution in [3.05, 3.63) is 40.8 Å². The van der Waals surface area contributed by atoms with Gasteiger partial charge in [-0.2, -0.15) is 0 Å². The van der Waals surface area contributed by atoms with Crippen LogP contribution in [0.3, 0.4) is 0 Å². The Bertz CT molecular complexity index is 714. The molecule has 0 aromatic heterocycles. The van der Waals surface area contributed by atoms with E-state index in [1.807, 2.05) is 30.3 Å². The molecule has 0 saturated carbocycles. The van der Waals surface area contributed by atoms with E-state index < -0.39 is 11.1 Å². The number of amides is 3. The van der Waals surface area contributed by atoms with Crippen molar-refractivity contribution in [3.63, 3.8) is 0 Å². The van der Waals surface area contributed by atoms with Gasteiger partial charge in [0.15, 0.2) is 0 Å². The Morgan fingerprint density at radius 1 is 1.12 bits per heavy atom. The van der Waals surface area contributed by atoms with E-state index in [-0.39, 0.29) is 19.1 Å². The molecule has 0 atom stereocenters. The molecule has 138 valence electrons. The Balaban J connectivity index is 1.60. The van der Waals surface area contributed by atoms with Gasteiger partial charge in [-0.15, -0.1) is 0 Å². The zero-order valence-electron chi connectivity index (χ0n) is 14.3. The first-order valence-corrected chi connectivity index (χ1v) is 9.31. The van der Waals surface area contributed by atoms with Gasteiger partial charge in [0.2, 0.25) is 5.91 Å². The molecule has 2 heterocycles. The van der Waals surface area contributed by atoms with Gasteiger partial charge < -0.3 is 10.0 Å². The van der Waals surface area contributed by atoms with E-state index >= 15 is 0 Å². The van der Waals surface area contributed by atoms with E-state index in [0.29, 0.717) is 37.6 Å². The van der Waals surface area contributed by atoms with Crippen LogP contribution in [0.25, 0.3) is 6.08 Å². The molecule has 1 aromatic rings. The molecule has 0 bridgehead atoms. The highest BCUT2D eigenvalue weighted by Gasteiger charge is 2.37. The molecule has 0 aliphatic carbocycles. The first-order chi connectivity index (χ1) is 12.6. The number of piperazine rings is 1. The number of carbonyl (C=O) groups excluding carboxylic acids is 3. The number of aliphatic hydroxyl groups is 1. The third-order valence-electron chi connectivity index (χ3n) is 4.41. The molecule has 2 aliphatic heterocycles. The number of nitrogens with zero attached hydrogens (tertiary/aromatic N) is 3. The predicted octanol–water partition coefficient (Wildman–Crippen LogP) is 0.859. The van der Waals surface area contributed by atoms with Crippen LogP contribution in [0.5, 0.6) is 0 Å². The second-order valence-corrected chi connectivity index (χ2v) is 7.12. The fourth-order valence-corrected chi connectivity index (χ4v) is 3.77. The second-order valence-electron chi connectivity index (χ2n) is 6.12. The van der Waals surface area contributed by atoms with Gasteiger partial charge in [0, 0.05) is 32.7 Å². The lowest BCUT2D eigenvalue weighted by atomic mass is 10.2. The van der Waals surface area contributed by atoms with Crippen molar-refractivity contribution in [3.8, 4) is 0 Å². The zero-order valence-corrected chi connectivity index (χ0v) is 15.2. The maximum atomic E-state index is 12.5.